The molecule has 176 valence electrons. The van der Waals surface area contributed by atoms with Crippen LogP contribution in [0.15, 0.2) is 83.6 Å². The molecule has 2 aromatic rings. The van der Waals surface area contributed by atoms with E-state index in [1.54, 1.807) is 6.20 Å². The first-order valence-electron chi connectivity index (χ1n) is 11.8. The van der Waals surface area contributed by atoms with Crippen molar-refractivity contribution in [3.8, 4) is 11.5 Å². The fourth-order valence-electron chi connectivity index (χ4n) is 3.69. The number of para-hydroxylation sites is 1. The van der Waals surface area contributed by atoms with E-state index < -0.39 is 0 Å². The van der Waals surface area contributed by atoms with E-state index in [4.69, 9.17) is 20.9 Å². The summed E-state index contributed by atoms with van der Waals surface area (Å²) in [6, 6.07) is 17.7. The number of nitrogens with zero attached hydrogens (tertiary/aromatic N) is 1. The van der Waals surface area contributed by atoms with E-state index in [0.717, 1.165) is 29.9 Å². The Morgan fingerprint density at radius 3 is 2.36 bits per heavy atom. The van der Waals surface area contributed by atoms with E-state index in [9.17, 15) is 0 Å². The van der Waals surface area contributed by atoms with Crippen molar-refractivity contribution in [1.82, 2.24) is 5.32 Å². The van der Waals surface area contributed by atoms with E-state index in [1.807, 2.05) is 61.5 Å². The summed E-state index contributed by atoms with van der Waals surface area (Å²) in [7, 11) is 0. The number of amidine groups is 1. The summed E-state index contributed by atoms with van der Waals surface area (Å²) >= 11 is 0. The van der Waals surface area contributed by atoms with Gasteiger partial charge in [-0.3, -0.25) is 4.99 Å². The molecule has 5 heteroatoms. The zero-order chi connectivity index (χ0) is 24.1. The van der Waals surface area contributed by atoms with Crippen LogP contribution in [-0.4, -0.2) is 17.6 Å². The van der Waals surface area contributed by atoms with Crippen molar-refractivity contribution in [2.45, 2.75) is 65.3 Å². The molecule has 0 amide bonds. The van der Waals surface area contributed by atoms with Crippen molar-refractivity contribution in [1.29, 1.82) is 5.41 Å². The maximum absolute atomic E-state index is 8.75. The van der Waals surface area contributed by atoms with Gasteiger partial charge in [-0.25, -0.2) is 0 Å². The van der Waals surface area contributed by atoms with Crippen LogP contribution in [0, 0.1) is 5.41 Å². The molecule has 5 nitrogen and oxygen atoms in total. The molecule has 1 fully saturated rings. The molecule has 2 aromatic carbocycles. The molecule has 1 aliphatic carbocycles. The standard InChI is InChI=1S/C25H30N4O.C3H8/c1-3-28-25(29-20-11-7-8-12-20)24(18(2)26)23(27)17-19-10-9-15-22(16-19)30-21-13-5-4-6-14-21;1-3-2/h3-6,9-10,13-16,20,27H,1,7-8,11-12,17,26H2,2H3,(H,28,29);3H2,1-2H3/b24-18+,27-23?;. The number of nitrogens with one attached hydrogen (secondary N) is 2. The Morgan fingerprint density at radius 1 is 1.12 bits per heavy atom. The smallest absolute Gasteiger partial charge is 0.136 e. The molecular weight excluding hydrogens is 408 g/mol. The lowest BCUT2D eigenvalue weighted by molar-refractivity contribution is 0.482. The molecule has 0 aliphatic heterocycles. The van der Waals surface area contributed by atoms with Crippen LogP contribution in [0.1, 0.15) is 58.4 Å². The van der Waals surface area contributed by atoms with Crippen molar-refractivity contribution >= 4 is 11.5 Å². The Bertz CT molecular complexity index is 953. The highest BCUT2D eigenvalue weighted by Gasteiger charge is 2.20. The van der Waals surface area contributed by atoms with Gasteiger partial charge >= 0.3 is 0 Å². The third-order valence-corrected chi connectivity index (χ3v) is 5.07. The monoisotopic (exact) mass is 446 g/mol. The van der Waals surface area contributed by atoms with E-state index in [0.29, 0.717) is 29.2 Å². The molecule has 0 atom stereocenters. The minimum atomic E-state index is 0.275. The lowest BCUT2D eigenvalue weighted by Gasteiger charge is -2.17. The normalized spacial score (nSPS) is 14.6. The second-order valence-corrected chi connectivity index (χ2v) is 8.25. The van der Waals surface area contributed by atoms with E-state index in [-0.39, 0.29) is 6.04 Å². The number of hydrogen-bond acceptors (Lipinski definition) is 4. The van der Waals surface area contributed by atoms with Crippen molar-refractivity contribution in [3.63, 3.8) is 0 Å². The number of ether oxygens (including phenoxy) is 1. The zero-order valence-electron chi connectivity index (χ0n) is 20.2. The van der Waals surface area contributed by atoms with Crippen molar-refractivity contribution in [3.05, 3.63) is 84.2 Å². The topological polar surface area (TPSA) is 83.5 Å². The van der Waals surface area contributed by atoms with Gasteiger partial charge in [-0.2, -0.15) is 0 Å². The van der Waals surface area contributed by atoms with Crippen LogP contribution in [-0.2, 0) is 6.42 Å². The number of rotatable bonds is 8. The van der Waals surface area contributed by atoms with Gasteiger partial charge in [0, 0.05) is 17.8 Å². The van der Waals surface area contributed by atoms with Gasteiger partial charge in [0.05, 0.1) is 11.6 Å². The van der Waals surface area contributed by atoms with Crippen molar-refractivity contribution in [2.24, 2.45) is 10.7 Å². The highest BCUT2D eigenvalue weighted by atomic mass is 16.5. The van der Waals surface area contributed by atoms with Crippen LogP contribution < -0.4 is 15.8 Å². The Kier molecular flexibility index (Phi) is 10.9. The largest absolute Gasteiger partial charge is 0.457 e. The maximum Gasteiger partial charge on any atom is 0.136 e. The Hall–Kier alpha value is -3.34. The minimum absolute atomic E-state index is 0.275. The van der Waals surface area contributed by atoms with Crippen molar-refractivity contribution in [2.75, 3.05) is 0 Å². The molecule has 0 spiro atoms. The second-order valence-electron chi connectivity index (χ2n) is 8.25. The summed E-state index contributed by atoms with van der Waals surface area (Å²) in [4.78, 5) is 4.85. The predicted octanol–water partition coefficient (Wildman–Crippen LogP) is 6.76. The molecule has 33 heavy (non-hydrogen) atoms. The van der Waals surface area contributed by atoms with E-state index in [2.05, 4.69) is 25.7 Å². The average molecular weight is 447 g/mol. The molecular formula is C28H38N4O. The Labute approximate surface area is 199 Å². The molecule has 1 aliphatic rings. The number of allylic oxidation sites excluding steroid dienone is 1. The Balaban J connectivity index is 0.00000122. The van der Waals surface area contributed by atoms with Gasteiger partial charge < -0.3 is 21.2 Å². The van der Waals surface area contributed by atoms with Crippen LogP contribution in [0.5, 0.6) is 11.5 Å². The maximum atomic E-state index is 8.75. The minimum Gasteiger partial charge on any atom is -0.457 e. The first kappa shape index (κ1) is 25.9. The van der Waals surface area contributed by atoms with Gasteiger partial charge in [-0.05, 0) is 55.8 Å². The quantitative estimate of drug-likeness (QED) is 0.309. The molecule has 0 heterocycles. The highest BCUT2D eigenvalue weighted by molar-refractivity contribution is 6.23. The highest BCUT2D eigenvalue weighted by Crippen LogP contribution is 2.24. The van der Waals surface area contributed by atoms with Crippen molar-refractivity contribution < 1.29 is 4.74 Å². The first-order chi connectivity index (χ1) is 16.0. The average Bonchev–Trinajstić information content (AvgIpc) is 3.28. The second kappa shape index (κ2) is 13.9. The van der Waals surface area contributed by atoms with Crippen LogP contribution in [0.3, 0.4) is 0 Å². The molecule has 4 N–H and O–H groups in total. The third-order valence-electron chi connectivity index (χ3n) is 5.07. The Morgan fingerprint density at radius 2 is 1.76 bits per heavy atom. The summed E-state index contributed by atoms with van der Waals surface area (Å²) in [6.07, 6.45) is 7.82. The van der Waals surface area contributed by atoms with Crippen LogP contribution in [0.25, 0.3) is 0 Å². The first-order valence-corrected chi connectivity index (χ1v) is 11.8. The SMILES string of the molecule is C=CNC(=NC1CCCC1)/C(C(=N)Cc1cccc(Oc2ccccc2)c1)=C(\C)N.CCC. The van der Waals surface area contributed by atoms with Gasteiger partial charge in [0.2, 0.25) is 0 Å². The summed E-state index contributed by atoms with van der Waals surface area (Å²) in [6.45, 7) is 9.83. The third kappa shape index (κ3) is 8.60. The lowest BCUT2D eigenvalue weighted by atomic mass is 9.99. The summed E-state index contributed by atoms with van der Waals surface area (Å²) in [5, 5.41) is 11.9. The van der Waals surface area contributed by atoms with Gasteiger partial charge in [0.1, 0.15) is 17.3 Å². The predicted molar refractivity (Wildman–Crippen MR) is 140 cm³/mol. The molecule has 0 bridgehead atoms. The lowest BCUT2D eigenvalue weighted by Crippen LogP contribution is -2.29. The van der Waals surface area contributed by atoms with Gasteiger partial charge in [0.15, 0.2) is 0 Å². The molecule has 0 radical (unpaired) electrons. The zero-order valence-corrected chi connectivity index (χ0v) is 20.2. The van der Waals surface area contributed by atoms with Gasteiger partial charge in [0.25, 0.3) is 0 Å². The number of nitrogens with two attached hydrogens (primary N) is 1. The number of aliphatic imine (C=N–C) groups is 1. The molecule has 0 aromatic heterocycles. The number of benzene rings is 2. The molecule has 0 saturated heterocycles. The van der Waals surface area contributed by atoms with E-state index >= 15 is 0 Å². The van der Waals surface area contributed by atoms with Gasteiger partial charge in [-0.15, -0.1) is 0 Å². The van der Waals surface area contributed by atoms with Crippen LogP contribution in [0.4, 0.5) is 0 Å². The molecule has 0 unspecified atom stereocenters. The molecule has 3 rings (SSSR count). The van der Waals surface area contributed by atoms with Crippen LogP contribution >= 0.6 is 0 Å². The summed E-state index contributed by atoms with van der Waals surface area (Å²) < 4.78 is 5.93. The summed E-state index contributed by atoms with van der Waals surface area (Å²) in [5.41, 5.74) is 8.80. The fourth-order valence-corrected chi connectivity index (χ4v) is 3.69. The summed E-state index contributed by atoms with van der Waals surface area (Å²) in [5.74, 6) is 2.16. The van der Waals surface area contributed by atoms with Gasteiger partial charge in [-0.1, -0.05) is 70.0 Å². The number of hydrogen-bond donors (Lipinski definition) is 3. The molecule has 1 saturated carbocycles. The fraction of sp³-hybridized carbons (Fsp3) is 0.357. The van der Waals surface area contributed by atoms with E-state index in [1.165, 1.54) is 19.3 Å². The van der Waals surface area contributed by atoms with Crippen LogP contribution in [0.2, 0.25) is 0 Å².